The number of carbonyl (C=O) groups is 1. The van der Waals surface area contributed by atoms with Gasteiger partial charge in [-0.05, 0) is 58.5 Å². The van der Waals surface area contributed by atoms with Crippen LogP contribution in [-0.2, 0) is 16.1 Å². The molecule has 1 amide bonds. The van der Waals surface area contributed by atoms with Crippen molar-refractivity contribution in [1.29, 1.82) is 0 Å². The van der Waals surface area contributed by atoms with Gasteiger partial charge in [0.1, 0.15) is 0 Å². The number of likely N-dealkylation sites (N-methyl/N-ethyl adjacent to an activating group) is 1. The molecule has 3 rings (SSSR count). The van der Waals surface area contributed by atoms with Crippen LogP contribution in [0, 0.1) is 13.8 Å². The molecule has 2 aromatic rings. The van der Waals surface area contributed by atoms with Gasteiger partial charge >= 0.3 is 0 Å². The molecule has 1 aliphatic heterocycles. The Balaban J connectivity index is 1.62. The smallest absolute Gasteiger partial charge is 0.236 e. The number of ether oxygens (including phenoxy) is 1. The average molecular weight is 370 g/mol. The standard InChI is InChI=1S/C21H30N4O2/c1-15-9-16(2)25(22-15)20-8-6-7-19(10-20)13-23(5)14-21(26)24-11-17(3)27-18(4)12-24/h6-10,17-18H,11-14H2,1-5H3/t17-,18+. The van der Waals surface area contributed by atoms with E-state index in [4.69, 9.17) is 4.74 Å². The Hall–Kier alpha value is -2.18. The highest BCUT2D eigenvalue weighted by molar-refractivity contribution is 5.78. The summed E-state index contributed by atoms with van der Waals surface area (Å²) < 4.78 is 7.68. The topological polar surface area (TPSA) is 50.6 Å². The van der Waals surface area contributed by atoms with Gasteiger partial charge in [0.15, 0.2) is 0 Å². The fraction of sp³-hybridized carbons (Fsp3) is 0.524. The molecule has 1 aliphatic rings. The molecule has 0 bridgehead atoms. The lowest BCUT2D eigenvalue weighted by molar-refractivity contribution is -0.144. The summed E-state index contributed by atoms with van der Waals surface area (Å²) in [6, 6.07) is 10.4. The normalized spacial score (nSPS) is 20.3. The summed E-state index contributed by atoms with van der Waals surface area (Å²) in [5.74, 6) is 0.161. The van der Waals surface area contributed by atoms with E-state index in [1.54, 1.807) is 0 Å². The molecule has 1 fully saturated rings. The van der Waals surface area contributed by atoms with Crippen LogP contribution in [0.4, 0.5) is 0 Å². The predicted octanol–water partition coefficient (Wildman–Crippen LogP) is 2.56. The number of amides is 1. The summed E-state index contributed by atoms with van der Waals surface area (Å²) in [6.07, 6.45) is 0.195. The third-order valence-corrected chi connectivity index (χ3v) is 4.79. The lowest BCUT2D eigenvalue weighted by Crippen LogP contribution is -2.50. The summed E-state index contributed by atoms with van der Waals surface area (Å²) in [7, 11) is 1.99. The van der Waals surface area contributed by atoms with Crippen molar-refractivity contribution in [3.63, 3.8) is 0 Å². The number of hydrogen-bond donors (Lipinski definition) is 0. The monoisotopic (exact) mass is 370 g/mol. The van der Waals surface area contributed by atoms with Crippen molar-refractivity contribution < 1.29 is 9.53 Å². The SMILES string of the molecule is Cc1cc(C)n(-c2cccc(CN(C)CC(=O)N3C[C@@H](C)O[C@@H](C)C3)c2)n1. The molecular weight excluding hydrogens is 340 g/mol. The molecule has 0 spiro atoms. The van der Waals surface area contributed by atoms with E-state index in [1.165, 1.54) is 5.56 Å². The summed E-state index contributed by atoms with van der Waals surface area (Å²) >= 11 is 0. The first-order chi connectivity index (χ1) is 12.8. The Bertz CT molecular complexity index is 791. The highest BCUT2D eigenvalue weighted by Crippen LogP contribution is 2.15. The zero-order chi connectivity index (χ0) is 19.6. The van der Waals surface area contributed by atoms with Crippen LogP contribution in [-0.4, -0.2) is 64.4 Å². The van der Waals surface area contributed by atoms with Crippen LogP contribution in [0.2, 0.25) is 0 Å². The number of morpholine rings is 1. The van der Waals surface area contributed by atoms with Gasteiger partial charge in [0, 0.05) is 25.3 Å². The Kier molecular flexibility index (Phi) is 5.97. The van der Waals surface area contributed by atoms with Gasteiger partial charge in [-0.1, -0.05) is 12.1 Å². The molecule has 1 aromatic heterocycles. The van der Waals surface area contributed by atoms with Crippen molar-refractivity contribution >= 4 is 5.91 Å². The number of hydrogen-bond acceptors (Lipinski definition) is 4. The molecule has 0 radical (unpaired) electrons. The molecule has 27 heavy (non-hydrogen) atoms. The minimum Gasteiger partial charge on any atom is -0.372 e. The minimum absolute atomic E-state index is 0.0976. The van der Waals surface area contributed by atoms with Crippen molar-refractivity contribution in [3.8, 4) is 5.69 Å². The van der Waals surface area contributed by atoms with Crippen molar-refractivity contribution in [2.45, 2.75) is 46.4 Å². The van der Waals surface area contributed by atoms with Crippen molar-refractivity contribution in [2.24, 2.45) is 0 Å². The number of rotatable bonds is 5. The van der Waals surface area contributed by atoms with E-state index in [0.717, 1.165) is 17.1 Å². The first kappa shape index (κ1) is 19.6. The van der Waals surface area contributed by atoms with E-state index < -0.39 is 0 Å². The largest absolute Gasteiger partial charge is 0.372 e. The van der Waals surface area contributed by atoms with Crippen molar-refractivity contribution in [3.05, 3.63) is 47.3 Å². The molecule has 0 unspecified atom stereocenters. The van der Waals surface area contributed by atoms with Gasteiger partial charge in [-0.25, -0.2) is 4.68 Å². The van der Waals surface area contributed by atoms with Gasteiger partial charge in [-0.15, -0.1) is 0 Å². The van der Waals surface area contributed by atoms with Gasteiger partial charge in [0.05, 0.1) is 30.1 Å². The van der Waals surface area contributed by atoms with Crippen LogP contribution >= 0.6 is 0 Å². The summed E-state index contributed by atoms with van der Waals surface area (Å²) in [5, 5.41) is 4.55. The van der Waals surface area contributed by atoms with Crippen LogP contribution < -0.4 is 0 Å². The maximum atomic E-state index is 12.6. The Morgan fingerprint density at radius 2 is 1.93 bits per heavy atom. The summed E-state index contributed by atoms with van der Waals surface area (Å²) in [5.41, 5.74) is 4.34. The first-order valence-corrected chi connectivity index (χ1v) is 9.56. The van der Waals surface area contributed by atoms with Gasteiger partial charge in [0.2, 0.25) is 5.91 Å². The van der Waals surface area contributed by atoms with Gasteiger partial charge in [-0.3, -0.25) is 9.69 Å². The van der Waals surface area contributed by atoms with E-state index in [9.17, 15) is 4.79 Å². The van der Waals surface area contributed by atoms with E-state index in [0.29, 0.717) is 26.2 Å². The van der Waals surface area contributed by atoms with Crippen molar-refractivity contribution in [1.82, 2.24) is 19.6 Å². The van der Waals surface area contributed by atoms with E-state index >= 15 is 0 Å². The first-order valence-electron chi connectivity index (χ1n) is 9.56. The molecule has 0 saturated carbocycles. The van der Waals surface area contributed by atoms with Gasteiger partial charge < -0.3 is 9.64 Å². The van der Waals surface area contributed by atoms with Crippen LogP contribution in [0.3, 0.4) is 0 Å². The molecule has 2 heterocycles. The molecular formula is C21H30N4O2. The van der Waals surface area contributed by atoms with Crippen LogP contribution in [0.1, 0.15) is 30.8 Å². The third kappa shape index (κ3) is 4.96. The maximum absolute atomic E-state index is 12.6. The Labute approximate surface area is 161 Å². The minimum atomic E-state index is 0.0976. The maximum Gasteiger partial charge on any atom is 0.236 e. The average Bonchev–Trinajstić information content (AvgIpc) is 2.92. The van der Waals surface area contributed by atoms with Gasteiger partial charge in [-0.2, -0.15) is 5.10 Å². The Morgan fingerprint density at radius 3 is 2.56 bits per heavy atom. The summed E-state index contributed by atoms with van der Waals surface area (Å²) in [4.78, 5) is 16.6. The summed E-state index contributed by atoms with van der Waals surface area (Å²) in [6.45, 7) is 10.6. The number of benzene rings is 1. The number of nitrogens with zero attached hydrogens (tertiary/aromatic N) is 4. The van der Waals surface area contributed by atoms with Crippen LogP contribution in [0.25, 0.3) is 5.69 Å². The van der Waals surface area contributed by atoms with Gasteiger partial charge in [0.25, 0.3) is 0 Å². The molecule has 6 heteroatoms. The molecule has 1 aromatic carbocycles. The highest BCUT2D eigenvalue weighted by Gasteiger charge is 2.26. The molecule has 0 aliphatic carbocycles. The number of carbonyl (C=O) groups excluding carboxylic acids is 1. The lowest BCUT2D eigenvalue weighted by Gasteiger charge is -2.36. The second-order valence-corrected chi connectivity index (χ2v) is 7.74. The van der Waals surface area contributed by atoms with E-state index in [2.05, 4.69) is 41.2 Å². The van der Waals surface area contributed by atoms with E-state index in [1.807, 2.05) is 43.5 Å². The van der Waals surface area contributed by atoms with Crippen LogP contribution in [0.15, 0.2) is 30.3 Å². The zero-order valence-electron chi connectivity index (χ0n) is 17.0. The predicted molar refractivity (Wildman–Crippen MR) is 106 cm³/mol. The quantitative estimate of drug-likeness (QED) is 0.812. The molecule has 6 nitrogen and oxygen atoms in total. The number of aromatic nitrogens is 2. The van der Waals surface area contributed by atoms with E-state index in [-0.39, 0.29) is 18.1 Å². The molecule has 2 atom stereocenters. The lowest BCUT2D eigenvalue weighted by atomic mass is 10.2. The Morgan fingerprint density at radius 1 is 1.22 bits per heavy atom. The second-order valence-electron chi connectivity index (χ2n) is 7.74. The fourth-order valence-electron chi connectivity index (χ4n) is 3.76. The van der Waals surface area contributed by atoms with Crippen molar-refractivity contribution in [2.75, 3.05) is 26.7 Å². The molecule has 0 N–H and O–H groups in total. The zero-order valence-corrected chi connectivity index (χ0v) is 17.0. The van der Waals surface area contributed by atoms with Crippen LogP contribution in [0.5, 0.6) is 0 Å². The number of aryl methyl sites for hydroxylation is 2. The third-order valence-electron chi connectivity index (χ3n) is 4.79. The second kappa shape index (κ2) is 8.23. The fourth-order valence-corrected chi connectivity index (χ4v) is 3.76. The highest BCUT2D eigenvalue weighted by atomic mass is 16.5. The molecule has 1 saturated heterocycles. The molecule has 146 valence electrons.